The largest absolute Gasteiger partial charge is 0.323 e. The minimum atomic E-state index is -1.46. The van der Waals surface area contributed by atoms with Gasteiger partial charge in [-0.2, -0.15) is 0 Å². The van der Waals surface area contributed by atoms with E-state index in [1.165, 1.54) is 6.07 Å². The first-order chi connectivity index (χ1) is 9.41. The minimum Gasteiger partial charge on any atom is -0.323 e. The number of likely N-dealkylation sites (N-methyl/N-ethyl adjacent to an activating group) is 2. The second-order valence-electron chi connectivity index (χ2n) is 5.45. The number of benzene rings is 1. The Labute approximate surface area is 117 Å². The Morgan fingerprint density at radius 2 is 1.85 bits per heavy atom. The second kappa shape index (κ2) is 6.11. The molecule has 0 spiro atoms. The molecule has 112 valence electrons. The van der Waals surface area contributed by atoms with Crippen LogP contribution in [0.3, 0.4) is 0 Å². The first kappa shape index (κ1) is 15.3. The van der Waals surface area contributed by atoms with Crippen molar-refractivity contribution in [1.82, 2.24) is 9.80 Å². The van der Waals surface area contributed by atoms with Crippen molar-refractivity contribution in [2.75, 3.05) is 33.7 Å². The fourth-order valence-corrected chi connectivity index (χ4v) is 2.70. The van der Waals surface area contributed by atoms with Gasteiger partial charge in [0.15, 0.2) is 17.5 Å². The van der Waals surface area contributed by atoms with Crippen LogP contribution in [-0.2, 0) is 0 Å². The van der Waals surface area contributed by atoms with Crippen LogP contribution in [-0.4, -0.2) is 49.6 Å². The summed E-state index contributed by atoms with van der Waals surface area (Å²) in [7, 11) is 3.89. The molecule has 1 aliphatic heterocycles. The maximum atomic E-state index is 13.9. The van der Waals surface area contributed by atoms with Crippen LogP contribution >= 0.6 is 0 Å². The second-order valence-corrected chi connectivity index (χ2v) is 5.45. The van der Waals surface area contributed by atoms with Crippen LogP contribution in [0.2, 0.25) is 0 Å². The topological polar surface area (TPSA) is 32.5 Å². The Balaban J connectivity index is 2.29. The van der Waals surface area contributed by atoms with Gasteiger partial charge in [0.05, 0.1) is 0 Å². The van der Waals surface area contributed by atoms with Crippen molar-refractivity contribution in [3.8, 4) is 0 Å². The fraction of sp³-hybridized carbons (Fsp3) is 0.571. The average molecular weight is 287 g/mol. The van der Waals surface area contributed by atoms with E-state index in [1.54, 1.807) is 0 Å². The summed E-state index contributed by atoms with van der Waals surface area (Å²) in [4.78, 5) is 4.17. The van der Waals surface area contributed by atoms with Crippen LogP contribution in [0.15, 0.2) is 12.1 Å². The van der Waals surface area contributed by atoms with Crippen molar-refractivity contribution in [3.05, 3.63) is 35.1 Å². The lowest BCUT2D eigenvalue weighted by Crippen LogP contribution is -2.45. The molecule has 0 saturated carbocycles. The lowest BCUT2D eigenvalue weighted by molar-refractivity contribution is 0.194. The van der Waals surface area contributed by atoms with Crippen LogP contribution in [0, 0.1) is 17.5 Å². The molecule has 1 heterocycles. The molecule has 2 unspecified atom stereocenters. The van der Waals surface area contributed by atoms with Crippen molar-refractivity contribution >= 4 is 0 Å². The van der Waals surface area contributed by atoms with Gasteiger partial charge in [0.1, 0.15) is 0 Å². The SMILES string of the molecule is CN1CCCN(C)C(C(N)c2ccc(F)c(F)c2F)C1. The van der Waals surface area contributed by atoms with Crippen molar-refractivity contribution < 1.29 is 13.2 Å². The summed E-state index contributed by atoms with van der Waals surface area (Å²) >= 11 is 0. The van der Waals surface area contributed by atoms with Crippen molar-refractivity contribution in [2.45, 2.75) is 18.5 Å². The highest BCUT2D eigenvalue weighted by Crippen LogP contribution is 2.25. The molecular weight excluding hydrogens is 267 g/mol. The van der Waals surface area contributed by atoms with E-state index in [2.05, 4.69) is 9.80 Å². The molecule has 0 radical (unpaired) electrons. The molecule has 2 atom stereocenters. The van der Waals surface area contributed by atoms with E-state index in [0.717, 1.165) is 25.6 Å². The van der Waals surface area contributed by atoms with Crippen LogP contribution in [0.5, 0.6) is 0 Å². The summed E-state index contributed by atoms with van der Waals surface area (Å²) in [6.07, 6.45) is 0.997. The number of nitrogens with zero attached hydrogens (tertiary/aromatic N) is 2. The third kappa shape index (κ3) is 2.97. The molecule has 3 nitrogen and oxygen atoms in total. The molecule has 1 saturated heterocycles. The molecule has 0 bridgehead atoms. The summed E-state index contributed by atoms with van der Waals surface area (Å²) in [5, 5.41) is 0. The summed E-state index contributed by atoms with van der Waals surface area (Å²) < 4.78 is 40.2. The molecule has 2 N–H and O–H groups in total. The predicted molar refractivity (Wildman–Crippen MR) is 71.8 cm³/mol. The van der Waals surface area contributed by atoms with Gasteiger partial charge < -0.3 is 15.5 Å². The zero-order valence-electron chi connectivity index (χ0n) is 11.7. The quantitative estimate of drug-likeness (QED) is 0.841. The van der Waals surface area contributed by atoms with Crippen LogP contribution in [0.4, 0.5) is 13.2 Å². The Bertz CT molecular complexity index is 481. The Kier molecular flexibility index (Phi) is 4.67. The third-order valence-corrected chi connectivity index (χ3v) is 3.95. The van der Waals surface area contributed by atoms with E-state index in [9.17, 15) is 13.2 Å². The van der Waals surface area contributed by atoms with Gasteiger partial charge in [0.2, 0.25) is 0 Å². The van der Waals surface area contributed by atoms with E-state index >= 15 is 0 Å². The highest BCUT2D eigenvalue weighted by atomic mass is 19.2. The van der Waals surface area contributed by atoms with Gasteiger partial charge in [-0.15, -0.1) is 0 Å². The van der Waals surface area contributed by atoms with Crippen molar-refractivity contribution in [1.29, 1.82) is 0 Å². The standard InChI is InChI=1S/C14H20F3N3/c1-19-6-3-7-20(2)11(8-19)14(18)9-4-5-10(15)13(17)12(9)16/h4-5,11,14H,3,6-8,18H2,1-2H3. The van der Waals surface area contributed by atoms with Crippen molar-refractivity contribution in [2.24, 2.45) is 5.73 Å². The number of hydrogen-bond acceptors (Lipinski definition) is 3. The van der Waals surface area contributed by atoms with Gasteiger partial charge in [0, 0.05) is 24.2 Å². The molecule has 1 aromatic rings. The van der Waals surface area contributed by atoms with E-state index in [4.69, 9.17) is 5.73 Å². The zero-order chi connectivity index (χ0) is 14.9. The highest BCUT2D eigenvalue weighted by Gasteiger charge is 2.30. The molecule has 2 rings (SSSR count). The average Bonchev–Trinajstić information content (AvgIpc) is 2.57. The molecule has 1 aliphatic rings. The Hall–Kier alpha value is -1.11. The number of rotatable bonds is 2. The molecule has 20 heavy (non-hydrogen) atoms. The highest BCUT2D eigenvalue weighted by molar-refractivity contribution is 5.25. The lowest BCUT2D eigenvalue weighted by atomic mass is 9.98. The van der Waals surface area contributed by atoms with E-state index < -0.39 is 23.5 Å². The Morgan fingerprint density at radius 1 is 1.15 bits per heavy atom. The number of nitrogens with two attached hydrogens (primary N) is 1. The molecule has 1 aromatic carbocycles. The van der Waals surface area contributed by atoms with Crippen LogP contribution in [0.1, 0.15) is 18.0 Å². The molecule has 0 aromatic heterocycles. The summed E-state index contributed by atoms with van der Waals surface area (Å²) in [6.45, 7) is 2.44. The van der Waals surface area contributed by atoms with E-state index in [1.807, 2.05) is 14.1 Å². The van der Waals surface area contributed by atoms with Crippen molar-refractivity contribution in [3.63, 3.8) is 0 Å². The monoisotopic (exact) mass is 287 g/mol. The minimum absolute atomic E-state index is 0.0241. The molecule has 1 fully saturated rings. The zero-order valence-corrected chi connectivity index (χ0v) is 11.7. The summed E-state index contributed by atoms with van der Waals surface area (Å²) in [5.74, 6) is -3.83. The van der Waals surface area contributed by atoms with E-state index in [0.29, 0.717) is 6.54 Å². The molecule has 0 amide bonds. The van der Waals surface area contributed by atoms with Crippen LogP contribution < -0.4 is 5.73 Å². The first-order valence-electron chi connectivity index (χ1n) is 6.69. The maximum Gasteiger partial charge on any atom is 0.194 e. The normalized spacial score (nSPS) is 23.6. The van der Waals surface area contributed by atoms with Gasteiger partial charge in [-0.3, -0.25) is 0 Å². The lowest BCUT2D eigenvalue weighted by Gasteiger charge is -2.32. The number of halogens is 3. The molecule has 0 aliphatic carbocycles. The fourth-order valence-electron chi connectivity index (χ4n) is 2.70. The third-order valence-electron chi connectivity index (χ3n) is 3.95. The van der Waals surface area contributed by atoms with Gasteiger partial charge in [-0.1, -0.05) is 6.07 Å². The first-order valence-corrected chi connectivity index (χ1v) is 6.69. The molecule has 6 heteroatoms. The van der Waals surface area contributed by atoms with Gasteiger partial charge in [-0.25, -0.2) is 13.2 Å². The maximum absolute atomic E-state index is 13.9. The Morgan fingerprint density at radius 3 is 2.55 bits per heavy atom. The van der Waals surface area contributed by atoms with Gasteiger partial charge >= 0.3 is 0 Å². The summed E-state index contributed by atoms with van der Waals surface area (Å²) in [6, 6.07) is 1.32. The van der Waals surface area contributed by atoms with Gasteiger partial charge in [-0.05, 0) is 39.7 Å². The predicted octanol–water partition coefficient (Wildman–Crippen LogP) is 1.74. The molecular formula is C14H20F3N3. The van der Waals surface area contributed by atoms with E-state index in [-0.39, 0.29) is 11.6 Å². The number of hydrogen-bond donors (Lipinski definition) is 1. The van der Waals surface area contributed by atoms with Crippen LogP contribution in [0.25, 0.3) is 0 Å². The smallest absolute Gasteiger partial charge is 0.194 e. The van der Waals surface area contributed by atoms with Gasteiger partial charge in [0.25, 0.3) is 0 Å². The summed E-state index contributed by atoms with van der Waals surface area (Å²) in [5.41, 5.74) is 6.14.